The van der Waals surface area contributed by atoms with E-state index in [4.69, 9.17) is 0 Å². The molecule has 120 valence electrons. The Morgan fingerprint density at radius 2 is 2.24 bits per heavy atom. The highest BCUT2D eigenvalue weighted by Gasteiger charge is 2.32. The second-order valence-electron chi connectivity index (χ2n) is 5.39. The van der Waals surface area contributed by atoms with Crippen molar-refractivity contribution in [1.29, 1.82) is 0 Å². The molecule has 21 heavy (non-hydrogen) atoms. The first-order chi connectivity index (χ1) is 9.96. The van der Waals surface area contributed by atoms with E-state index in [0.717, 1.165) is 41.5 Å². The number of sulfonamides is 1. The third kappa shape index (κ3) is 4.01. The van der Waals surface area contributed by atoms with Crippen molar-refractivity contribution in [2.45, 2.75) is 44.0 Å². The van der Waals surface area contributed by atoms with Gasteiger partial charge in [-0.1, -0.05) is 6.92 Å². The Morgan fingerprint density at radius 3 is 2.90 bits per heavy atom. The van der Waals surface area contributed by atoms with Crippen LogP contribution in [0.5, 0.6) is 0 Å². The number of rotatable bonds is 6. The van der Waals surface area contributed by atoms with E-state index in [1.165, 1.54) is 11.3 Å². The lowest BCUT2D eigenvalue weighted by molar-refractivity contribution is 0.368. The number of aryl methyl sites for hydroxylation is 1. The summed E-state index contributed by atoms with van der Waals surface area (Å²) in [6, 6.07) is 1.91. The zero-order valence-corrected chi connectivity index (χ0v) is 15.3. The molecule has 1 aromatic rings. The van der Waals surface area contributed by atoms with Crippen molar-refractivity contribution in [1.82, 2.24) is 9.62 Å². The standard InChI is InChI=1S/C14H24N2O2S3/c1-4-5-15-9-13-11(2)8-14(20-13)21(17,18)16-6-7-19-10-12(16)3/h8,12,15H,4-7,9-10H2,1-3H3. The van der Waals surface area contributed by atoms with Crippen LogP contribution < -0.4 is 5.32 Å². The van der Waals surface area contributed by atoms with E-state index in [1.54, 1.807) is 4.31 Å². The van der Waals surface area contributed by atoms with E-state index in [-0.39, 0.29) is 6.04 Å². The van der Waals surface area contributed by atoms with Crippen LogP contribution in [0.1, 0.15) is 30.7 Å². The topological polar surface area (TPSA) is 49.4 Å². The molecule has 1 fully saturated rings. The number of hydrogen-bond acceptors (Lipinski definition) is 5. The van der Waals surface area contributed by atoms with E-state index >= 15 is 0 Å². The van der Waals surface area contributed by atoms with Crippen LogP contribution in [0.15, 0.2) is 10.3 Å². The predicted molar refractivity (Wildman–Crippen MR) is 91.7 cm³/mol. The molecule has 1 aliphatic heterocycles. The molecular formula is C14H24N2O2S3. The summed E-state index contributed by atoms with van der Waals surface area (Å²) >= 11 is 3.24. The van der Waals surface area contributed by atoms with Gasteiger partial charge in [0.05, 0.1) is 0 Å². The molecule has 0 spiro atoms. The lowest BCUT2D eigenvalue weighted by atomic mass is 10.3. The first kappa shape index (κ1) is 17.3. The van der Waals surface area contributed by atoms with E-state index in [1.807, 2.05) is 31.7 Å². The van der Waals surface area contributed by atoms with Gasteiger partial charge in [0.2, 0.25) is 0 Å². The van der Waals surface area contributed by atoms with Crippen molar-refractivity contribution in [3.05, 3.63) is 16.5 Å². The molecule has 1 saturated heterocycles. The van der Waals surface area contributed by atoms with Crippen molar-refractivity contribution >= 4 is 33.1 Å². The summed E-state index contributed by atoms with van der Waals surface area (Å²) in [4.78, 5) is 1.13. The van der Waals surface area contributed by atoms with Gasteiger partial charge in [-0.15, -0.1) is 11.3 Å². The van der Waals surface area contributed by atoms with Crippen LogP contribution in [0, 0.1) is 6.92 Å². The quantitative estimate of drug-likeness (QED) is 0.803. The predicted octanol–water partition coefficient (Wildman–Crippen LogP) is 2.68. The summed E-state index contributed by atoms with van der Waals surface area (Å²) in [5.41, 5.74) is 1.07. The normalized spacial score (nSPS) is 20.8. The fourth-order valence-electron chi connectivity index (χ4n) is 2.35. The third-order valence-electron chi connectivity index (χ3n) is 3.58. The molecule has 2 heterocycles. The Hall–Kier alpha value is -0.0800. The van der Waals surface area contributed by atoms with Crippen molar-refractivity contribution in [3.8, 4) is 0 Å². The number of thiophene rings is 1. The highest BCUT2D eigenvalue weighted by atomic mass is 32.2. The molecule has 1 N–H and O–H groups in total. The molecule has 1 aliphatic rings. The molecule has 0 aromatic carbocycles. The van der Waals surface area contributed by atoms with Gasteiger partial charge in [0.1, 0.15) is 4.21 Å². The van der Waals surface area contributed by atoms with Crippen LogP contribution in [0.3, 0.4) is 0 Å². The minimum absolute atomic E-state index is 0.0813. The highest BCUT2D eigenvalue weighted by molar-refractivity contribution is 7.99. The summed E-state index contributed by atoms with van der Waals surface area (Å²) in [5.74, 6) is 1.77. The van der Waals surface area contributed by atoms with Gasteiger partial charge in [0.15, 0.2) is 0 Å². The van der Waals surface area contributed by atoms with Gasteiger partial charge in [0, 0.05) is 35.5 Å². The Morgan fingerprint density at radius 1 is 1.48 bits per heavy atom. The van der Waals surface area contributed by atoms with Crippen molar-refractivity contribution in [2.24, 2.45) is 0 Å². The Kier molecular flexibility index (Phi) is 6.14. The van der Waals surface area contributed by atoms with Gasteiger partial charge in [-0.05, 0) is 38.4 Å². The van der Waals surface area contributed by atoms with Gasteiger partial charge in [-0.3, -0.25) is 0 Å². The molecule has 1 unspecified atom stereocenters. The van der Waals surface area contributed by atoms with Crippen molar-refractivity contribution < 1.29 is 8.42 Å². The number of nitrogens with zero attached hydrogens (tertiary/aromatic N) is 1. The van der Waals surface area contributed by atoms with Gasteiger partial charge >= 0.3 is 0 Å². The highest BCUT2D eigenvalue weighted by Crippen LogP contribution is 2.31. The maximum atomic E-state index is 12.8. The molecule has 0 saturated carbocycles. The van der Waals surface area contributed by atoms with E-state index in [0.29, 0.717) is 10.8 Å². The number of hydrogen-bond donors (Lipinski definition) is 1. The largest absolute Gasteiger partial charge is 0.312 e. The van der Waals surface area contributed by atoms with Gasteiger partial charge < -0.3 is 5.32 Å². The number of nitrogens with one attached hydrogen (secondary N) is 1. The first-order valence-electron chi connectivity index (χ1n) is 7.36. The summed E-state index contributed by atoms with van der Waals surface area (Å²) in [7, 11) is -3.33. The lowest BCUT2D eigenvalue weighted by Crippen LogP contribution is -2.44. The van der Waals surface area contributed by atoms with Crippen LogP contribution >= 0.6 is 23.1 Å². The van der Waals surface area contributed by atoms with E-state index < -0.39 is 10.0 Å². The SMILES string of the molecule is CCCNCc1sc(S(=O)(=O)N2CCSCC2C)cc1C. The molecule has 1 atom stereocenters. The minimum Gasteiger partial charge on any atom is -0.312 e. The maximum Gasteiger partial charge on any atom is 0.252 e. The van der Waals surface area contributed by atoms with E-state index in [2.05, 4.69) is 12.2 Å². The Labute approximate surface area is 136 Å². The fraction of sp³-hybridized carbons (Fsp3) is 0.714. The first-order valence-corrected chi connectivity index (χ1v) is 10.8. The molecule has 0 radical (unpaired) electrons. The summed E-state index contributed by atoms with van der Waals surface area (Å²) in [6.45, 7) is 8.45. The summed E-state index contributed by atoms with van der Waals surface area (Å²) in [5, 5.41) is 3.34. The third-order valence-corrected chi connectivity index (χ3v) is 8.47. The molecule has 0 amide bonds. The average molecular weight is 349 g/mol. The molecule has 0 bridgehead atoms. The smallest absolute Gasteiger partial charge is 0.252 e. The molecular weight excluding hydrogens is 324 g/mol. The molecule has 1 aromatic heterocycles. The Bertz CT molecular complexity index is 569. The molecule has 4 nitrogen and oxygen atoms in total. The lowest BCUT2D eigenvalue weighted by Gasteiger charge is -2.31. The van der Waals surface area contributed by atoms with Gasteiger partial charge in [0.25, 0.3) is 10.0 Å². The van der Waals surface area contributed by atoms with Crippen molar-refractivity contribution in [3.63, 3.8) is 0 Å². The van der Waals surface area contributed by atoms with Crippen LogP contribution in [0.25, 0.3) is 0 Å². The molecule has 2 rings (SSSR count). The second-order valence-corrected chi connectivity index (χ2v) is 9.79. The van der Waals surface area contributed by atoms with Crippen LogP contribution in [0.4, 0.5) is 0 Å². The average Bonchev–Trinajstić information content (AvgIpc) is 2.82. The van der Waals surface area contributed by atoms with Crippen LogP contribution in [-0.4, -0.2) is 43.4 Å². The van der Waals surface area contributed by atoms with E-state index in [9.17, 15) is 8.42 Å². The monoisotopic (exact) mass is 348 g/mol. The van der Waals surface area contributed by atoms with Crippen LogP contribution in [-0.2, 0) is 16.6 Å². The van der Waals surface area contributed by atoms with Crippen molar-refractivity contribution in [2.75, 3.05) is 24.6 Å². The van der Waals surface area contributed by atoms with Gasteiger partial charge in [-0.2, -0.15) is 16.1 Å². The summed E-state index contributed by atoms with van der Waals surface area (Å²) < 4.78 is 27.8. The summed E-state index contributed by atoms with van der Waals surface area (Å²) in [6.07, 6.45) is 1.08. The second kappa shape index (κ2) is 7.46. The molecule has 0 aliphatic carbocycles. The zero-order valence-electron chi connectivity index (χ0n) is 12.9. The van der Waals surface area contributed by atoms with Crippen LogP contribution in [0.2, 0.25) is 0 Å². The fourth-order valence-corrected chi connectivity index (χ4v) is 6.90. The maximum absolute atomic E-state index is 12.8. The van der Waals surface area contributed by atoms with Gasteiger partial charge in [-0.25, -0.2) is 8.42 Å². The Balaban J connectivity index is 2.18. The zero-order chi connectivity index (χ0) is 15.5. The number of thioether (sulfide) groups is 1. The molecule has 7 heteroatoms. The minimum atomic E-state index is -3.33.